The minimum Gasteiger partial charge on any atom is -0.493 e. The number of pyridine rings is 1. The number of aryl methyl sites for hydroxylation is 3. The minimum atomic E-state index is -0.970. The van der Waals surface area contributed by atoms with Gasteiger partial charge in [0.2, 0.25) is 11.5 Å². The number of fused-ring (bicyclic) bond motifs is 2. The van der Waals surface area contributed by atoms with E-state index in [1.54, 1.807) is 28.3 Å². The van der Waals surface area contributed by atoms with E-state index < -0.39 is 12.1 Å². The first kappa shape index (κ1) is 33.7. The van der Waals surface area contributed by atoms with Crippen LogP contribution in [0.5, 0.6) is 17.2 Å². The molecule has 4 aromatic rings. The minimum absolute atomic E-state index is 0.0665. The Bertz CT molecular complexity index is 1870. The van der Waals surface area contributed by atoms with E-state index in [-0.39, 0.29) is 17.1 Å². The lowest BCUT2D eigenvalue weighted by Gasteiger charge is -2.37. The normalized spacial score (nSPS) is 16.0. The lowest BCUT2D eigenvalue weighted by molar-refractivity contribution is 0.0318. The molecule has 0 fully saturated rings. The molecule has 7 heteroatoms. The zero-order valence-electron chi connectivity index (χ0n) is 29.2. The molecule has 246 valence electrons. The molecule has 0 saturated carbocycles. The van der Waals surface area contributed by atoms with Gasteiger partial charge in [-0.15, -0.1) is 0 Å². The molecular formula is C40H45NO6. The molecule has 2 atom stereocenters. The van der Waals surface area contributed by atoms with Crippen LogP contribution in [0.2, 0.25) is 0 Å². The number of allylic oxidation sites excluding steroid dienone is 1. The molecule has 3 aromatic carbocycles. The fourth-order valence-corrected chi connectivity index (χ4v) is 6.47. The zero-order valence-corrected chi connectivity index (χ0v) is 29.2. The van der Waals surface area contributed by atoms with E-state index in [0.717, 1.165) is 45.5 Å². The van der Waals surface area contributed by atoms with Gasteiger partial charge in [-0.05, 0) is 116 Å². The Balaban J connectivity index is 1.65. The number of nitrogens with zero attached hydrogens (tertiary/aromatic N) is 1. The van der Waals surface area contributed by atoms with Crippen molar-refractivity contribution in [1.82, 2.24) is 4.98 Å². The first-order valence-corrected chi connectivity index (χ1v) is 16.0. The van der Waals surface area contributed by atoms with Gasteiger partial charge < -0.3 is 18.9 Å². The number of para-hydroxylation sites is 1. The fraction of sp³-hybridized carbons (Fsp3) is 0.375. The standard InChI is InChI=1S/C40H45NO6/c1-22-15-24(3)30(16-23(22)2)37(42)25(4)47-39(43)35-29-13-11-12-14-32(29)41-36-27(20-28(21-31(35)36)40(5,6)7)17-26-18-33(44-8)38(46-10)34(19-26)45-9/h11-19,25,28H,20-21H2,1-10H3/b27-17-/t25-,28-/m0/s1. The SMILES string of the molecule is COc1cc(/C=C2/C[C@H](C(C)(C)C)Cc3c2nc2ccccc2c3C(=O)O[C@@H](C)C(=O)c2cc(C)c(C)cc2C)cc(OC)c1OC. The summed E-state index contributed by atoms with van der Waals surface area (Å²) in [6, 6.07) is 15.3. The lowest BCUT2D eigenvalue weighted by atomic mass is 9.69. The van der Waals surface area contributed by atoms with Crippen molar-refractivity contribution in [1.29, 1.82) is 0 Å². The van der Waals surface area contributed by atoms with Crippen molar-refractivity contribution in [3.05, 3.63) is 93.2 Å². The molecule has 1 aromatic heterocycles. The van der Waals surface area contributed by atoms with Crippen LogP contribution in [0.1, 0.15) is 88.3 Å². The lowest BCUT2D eigenvalue weighted by Crippen LogP contribution is -2.30. The molecule has 0 radical (unpaired) electrons. The first-order valence-electron chi connectivity index (χ1n) is 16.0. The Morgan fingerprint density at radius 3 is 2.13 bits per heavy atom. The fourth-order valence-electron chi connectivity index (χ4n) is 6.47. The van der Waals surface area contributed by atoms with Gasteiger partial charge in [0.1, 0.15) is 0 Å². The van der Waals surface area contributed by atoms with Gasteiger partial charge in [-0.2, -0.15) is 0 Å². The van der Waals surface area contributed by atoms with Gasteiger partial charge in [0.25, 0.3) is 0 Å². The number of esters is 1. The van der Waals surface area contributed by atoms with E-state index >= 15 is 0 Å². The number of benzene rings is 3. The highest BCUT2D eigenvalue weighted by molar-refractivity contribution is 6.08. The van der Waals surface area contributed by atoms with Crippen molar-refractivity contribution < 1.29 is 28.5 Å². The van der Waals surface area contributed by atoms with Gasteiger partial charge in [0.15, 0.2) is 17.6 Å². The summed E-state index contributed by atoms with van der Waals surface area (Å²) in [6.07, 6.45) is 2.52. The number of carbonyl (C=O) groups excluding carboxylic acids is 2. The summed E-state index contributed by atoms with van der Waals surface area (Å²) in [5, 5.41) is 0.708. The van der Waals surface area contributed by atoms with Crippen molar-refractivity contribution in [2.75, 3.05) is 21.3 Å². The van der Waals surface area contributed by atoms with Crippen LogP contribution in [-0.4, -0.2) is 44.2 Å². The Kier molecular flexibility index (Phi) is 9.48. The van der Waals surface area contributed by atoms with Gasteiger partial charge in [0.05, 0.1) is 38.1 Å². The smallest absolute Gasteiger partial charge is 0.339 e. The third-order valence-corrected chi connectivity index (χ3v) is 9.43. The summed E-state index contributed by atoms with van der Waals surface area (Å²) < 4.78 is 22.8. The third kappa shape index (κ3) is 6.62. The first-order chi connectivity index (χ1) is 22.3. The number of rotatable bonds is 8. The van der Waals surface area contributed by atoms with E-state index in [2.05, 4.69) is 26.8 Å². The average molecular weight is 636 g/mol. The molecule has 5 rings (SSSR count). The molecule has 0 bridgehead atoms. The number of methoxy groups -OCH3 is 3. The molecule has 7 nitrogen and oxygen atoms in total. The molecule has 0 aliphatic heterocycles. The molecule has 0 unspecified atom stereocenters. The van der Waals surface area contributed by atoms with Crippen LogP contribution in [0.25, 0.3) is 22.6 Å². The molecule has 1 aliphatic carbocycles. The third-order valence-electron chi connectivity index (χ3n) is 9.43. The van der Waals surface area contributed by atoms with Crippen molar-refractivity contribution in [3.63, 3.8) is 0 Å². The average Bonchev–Trinajstić information content (AvgIpc) is 3.03. The highest BCUT2D eigenvalue weighted by Gasteiger charge is 2.36. The van der Waals surface area contributed by atoms with Crippen molar-refractivity contribution in [2.45, 2.75) is 67.4 Å². The Labute approximate surface area is 277 Å². The summed E-state index contributed by atoms with van der Waals surface area (Å²) in [7, 11) is 4.77. The Hall–Kier alpha value is -4.65. The predicted octanol–water partition coefficient (Wildman–Crippen LogP) is 8.76. The van der Waals surface area contributed by atoms with Gasteiger partial charge in [-0.25, -0.2) is 9.78 Å². The van der Waals surface area contributed by atoms with Gasteiger partial charge in [-0.3, -0.25) is 4.79 Å². The van der Waals surface area contributed by atoms with E-state index in [4.69, 9.17) is 23.9 Å². The van der Waals surface area contributed by atoms with E-state index in [0.29, 0.717) is 45.7 Å². The van der Waals surface area contributed by atoms with Crippen molar-refractivity contribution >= 4 is 34.3 Å². The molecule has 1 aliphatic rings. The van der Waals surface area contributed by atoms with Crippen LogP contribution in [-0.2, 0) is 11.2 Å². The summed E-state index contributed by atoms with van der Waals surface area (Å²) in [4.78, 5) is 33.0. The quantitative estimate of drug-likeness (QED) is 0.141. The molecule has 0 spiro atoms. The van der Waals surface area contributed by atoms with Crippen LogP contribution >= 0.6 is 0 Å². The van der Waals surface area contributed by atoms with Gasteiger partial charge in [-0.1, -0.05) is 45.0 Å². The van der Waals surface area contributed by atoms with Crippen molar-refractivity contribution in [2.24, 2.45) is 11.3 Å². The number of Topliss-reactive ketones (excluding diaryl/α,β-unsaturated/α-hetero) is 1. The zero-order chi connectivity index (χ0) is 34.2. The largest absolute Gasteiger partial charge is 0.493 e. The predicted molar refractivity (Wildman–Crippen MR) is 187 cm³/mol. The van der Waals surface area contributed by atoms with Crippen LogP contribution in [0, 0.1) is 32.1 Å². The number of ether oxygens (including phenoxy) is 4. The van der Waals surface area contributed by atoms with E-state index in [1.807, 2.05) is 69.3 Å². The maximum Gasteiger partial charge on any atom is 0.339 e. The second-order valence-electron chi connectivity index (χ2n) is 13.6. The van der Waals surface area contributed by atoms with Crippen molar-refractivity contribution in [3.8, 4) is 17.2 Å². The van der Waals surface area contributed by atoms with E-state index in [1.165, 1.54) is 0 Å². The van der Waals surface area contributed by atoms with Crippen LogP contribution in [0.3, 0.4) is 0 Å². The van der Waals surface area contributed by atoms with Crippen LogP contribution in [0.4, 0.5) is 0 Å². The maximum atomic E-state index is 14.3. The molecular weight excluding hydrogens is 590 g/mol. The topological polar surface area (TPSA) is 84.0 Å². The second kappa shape index (κ2) is 13.2. The van der Waals surface area contributed by atoms with Gasteiger partial charge >= 0.3 is 5.97 Å². The summed E-state index contributed by atoms with van der Waals surface area (Å²) in [5.74, 6) is 1.08. The highest BCUT2D eigenvalue weighted by Crippen LogP contribution is 2.46. The summed E-state index contributed by atoms with van der Waals surface area (Å²) in [5.41, 5.74) is 8.10. The Morgan fingerprint density at radius 2 is 1.51 bits per heavy atom. The Morgan fingerprint density at radius 1 is 0.872 bits per heavy atom. The molecule has 47 heavy (non-hydrogen) atoms. The summed E-state index contributed by atoms with van der Waals surface area (Å²) in [6.45, 7) is 14.2. The number of carbonyl (C=O) groups is 2. The summed E-state index contributed by atoms with van der Waals surface area (Å²) >= 11 is 0. The van der Waals surface area contributed by atoms with E-state index in [9.17, 15) is 9.59 Å². The molecule has 0 saturated heterocycles. The number of hydrogen-bond acceptors (Lipinski definition) is 7. The second-order valence-corrected chi connectivity index (χ2v) is 13.6. The molecule has 0 N–H and O–H groups in total. The highest BCUT2D eigenvalue weighted by atomic mass is 16.5. The molecule has 0 amide bonds. The van der Waals surface area contributed by atoms with Crippen LogP contribution in [0.15, 0.2) is 48.5 Å². The number of hydrogen-bond donors (Lipinski definition) is 0. The van der Waals surface area contributed by atoms with Gasteiger partial charge in [0, 0.05) is 10.9 Å². The number of aromatic nitrogens is 1. The maximum absolute atomic E-state index is 14.3. The molecule has 1 heterocycles. The number of ketones is 1. The monoisotopic (exact) mass is 635 g/mol. The van der Waals surface area contributed by atoms with Crippen LogP contribution < -0.4 is 14.2 Å².